The van der Waals surface area contributed by atoms with Gasteiger partial charge in [-0.15, -0.1) is 0 Å². The van der Waals surface area contributed by atoms with Crippen LogP contribution in [-0.2, 0) is 15.6 Å². The van der Waals surface area contributed by atoms with Gasteiger partial charge in [0.25, 0.3) is 5.91 Å². The third-order valence-corrected chi connectivity index (χ3v) is 6.74. The molecule has 3 heterocycles. The minimum Gasteiger partial charge on any atom is -0.454 e. The van der Waals surface area contributed by atoms with Gasteiger partial charge in [-0.1, -0.05) is 11.8 Å². The number of rotatable bonds is 5. The molecule has 0 aliphatic carbocycles. The lowest BCUT2D eigenvalue weighted by molar-refractivity contribution is -0.113. The lowest BCUT2D eigenvalue weighted by Gasteiger charge is -2.26. The Kier molecular flexibility index (Phi) is 6.00. The number of carbonyl (C=O) groups excluding carboxylic acids is 2. The normalized spacial score (nSPS) is 15.9. The van der Waals surface area contributed by atoms with Gasteiger partial charge < -0.3 is 19.7 Å². The fourth-order valence-electron chi connectivity index (χ4n) is 2.99. The number of hydrogen-bond acceptors (Lipinski definition) is 7. The molecule has 1 N–H and O–H groups in total. The Morgan fingerprint density at radius 3 is 2.79 bits per heavy atom. The molecule has 1 saturated heterocycles. The summed E-state index contributed by atoms with van der Waals surface area (Å²) in [5.74, 6) is 1.97. The monoisotopic (exact) mass is 433 g/mol. The second kappa shape index (κ2) is 8.83. The summed E-state index contributed by atoms with van der Waals surface area (Å²) in [5.41, 5.74) is 1.07. The minimum atomic E-state index is -0.853. The number of benzene rings is 1. The summed E-state index contributed by atoms with van der Waals surface area (Å²) in [6, 6.07) is 8.60. The molecule has 0 bridgehead atoms. The number of anilines is 1. The number of thioether (sulfide) groups is 1. The van der Waals surface area contributed by atoms with Gasteiger partial charge in [-0.2, -0.15) is 0 Å². The largest absolute Gasteiger partial charge is 0.454 e. The fraction of sp³-hybridized carbons (Fsp3) is 0.316. The zero-order valence-corrected chi connectivity index (χ0v) is 17.1. The highest BCUT2D eigenvalue weighted by atomic mass is 32.2. The number of ether oxygens (including phenoxy) is 2. The Morgan fingerprint density at radius 1 is 1.17 bits per heavy atom. The maximum atomic E-state index is 12.8. The van der Waals surface area contributed by atoms with Gasteiger partial charge in [-0.05, 0) is 24.3 Å². The first kappa shape index (κ1) is 19.7. The van der Waals surface area contributed by atoms with Crippen LogP contribution in [0.4, 0.5) is 5.69 Å². The van der Waals surface area contributed by atoms with Crippen LogP contribution in [0.3, 0.4) is 0 Å². The summed E-state index contributed by atoms with van der Waals surface area (Å²) >= 11 is 1.21. The maximum absolute atomic E-state index is 12.8. The molecule has 0 atom stereocenters. The van der Waals surface area contributed by atoms with Crippen molar-refractivity contribution in [2.45, 2.75) is 5.03 Å². The van der Waals surface area contributed by atoms with E-state index in [2.05, 4.69) is 10.3 Å². The van der Waals surface area contributed by atoms with Crippen molar-refractivity contribution >= 4 is 40.1 Å². The van der Waals surface area contributed by atoms with E-state index in [-0.39, 0.29) is 24.4 Å². The average molecular weight is 434 g/mol. The van der Waals surface area contributed by atoms with Gasteiger partial charge >= 0.3 is 0 Å². The van der Waals surface area contributed by atoms with Gasteiger partial charge in [0.15, 0.2) is 11.5 Å². The standard InChI is InChI=1S/C19H19N3O5S2/c23-17(21-13-3-4-15-16(10-13)27-12-26-15)11-28-18-14(2-1-5-20-18)19(24)22-6-8-29(25)9-7-22/h1-5,10H,6-9,11-12H2,(H,21,23). The Balaban J connectivity index is 1.37. The Morgan fingerprint density at radius 2 is 1.97 bits per heavy atom. The van der Waals surface area contributed by atoms with Gasteiger partial charge in [0.2, 0.25) is 12.7 Å². The topological polar surface area (TPSA) is 97.8 Å². The third-order valence-electron chi connectivity index (χ3n) is 4.46. The fourth-order valence-corrected chi connectivity index (χ4v) is 4.82. The second-order valence-corrected chi connectivity index (χ2v) is 9.06. The highest BCUT2D eigenvalue weighted by Gasteiger charge is 2.24. The molecule has 2 aliphatic heterocycles. The predicted octanol–water partition coefficient (Wildman–Crippen LogP) is 1.75. The molecule has 1 aromatic heterocycles. The number of nitrogens with zero attached hydrogens (tertiary/aromatic N) is 2. The maximum Gasteiger partial charge on any atom is 0.256 e. The van der Waals surface area contributed by atoms with Gasteiger partial charge in [0.05, 0.1) is 11.3 Å². The van der Waals surface area contributed by atoms with E-state index in [4.69, 9.17) is 9.47 Å². The van der Waals surface area contributed by atoms with Crippen LogP contribution in [0, 0.1) is 0 Å². The molecule has 10 heteroatoms. The number of aromatic nitrogens is 1. The van der Waals surface area contributed by atoms with E-state index in [0.29, 0.717) is 52.4 Å². The molecule has 0 spiro atoms. The molecule has 2 aliphatic rings. The molecular weight excluding hydrogens is 414 g/mol. The zero-order valence-electron chi connectivity index (χ0n) is 15.5. The number of carbonyl (C=O) groups is 2. The summed E-state index contributed by atoms with van der Waals surface area (Å²) in [5, 5.41) is 3.31. The van der Waals surface area contributed by atoms with Crippen molar-refractivity contribution in [3.63, 3.8) is 0 Å². The summed E-state index contributed by atoms with van der Waals surface area (Å²) in [7, 11) is -0.853. The van der Waals surface area contributed by atoms with Crippen molar-refractivity contribution in [1.29, 1.82) is 0 Å². The molecule has 0 unspecified atom stereocenters. The Bertz CT molecular complexity index is 959. The molecule has 2 aromatic rings. The van der Waals surface area contributed by atoms with E-state index in [0.717, 1.165) is 0 Å². The Hall–Kier alpha value is -2.59. The zero-order chi connectivity index (χ0) is 20.2. The van der Waals surface area contributed by atoms with Crippen LogP contribution in [0.5, 0.6) is 11.5 Å². The number of fused-ring (bicyclic) bond motifs is 1. The summed E-state index contributed by atoms with van der Waals surface area (Å²) in [6.07, 6.45) is 1.60. The van der Waals surface area contributed by atoms with Gasteiger partial charge in [0, 0.05) is 53.3 Å². The number of hydrogen-bond donors (Lipinski definition) is 1. The van der Waals surface area contributed by atoms with E-state index in [1.165, 1.54) is 11.8 Å². The molecule has 29 heavy (non-hydrogen) atoms. The molecule has 4 rings (SSSR count). The van der Waals surface area contributed by atoms with Crippen LogP contribution in [0.1, 0.15) is 10.4 Å². The van der Waals surface area contributed by atoms with Crippen molar-refractivity contribution in [2.75, 3.05) is 42.5 Å². The first-order valence-corrected chi connectivity index (χ1v) is 11.5. The molecule has 0 saturated carbocycles. The van der Waals surface area contributed by atoms with Crippen LogP contribution in [-0.4, -0.2) is 63.0 Å². The van der Waals surface area contributed by atoms with E-state index in [1.54, 1.807) is 41.4 Å². The SMILES string of the molecule is O=C(CSc1ncccc1C(=O)N1CCS(=O)CC1)Nc1ccc2c(c1)OCO2. The highest BCUT2D eigenvalue weighted by molar-refractivity contribution is 8.00. The second-order valence-electron chi connectivity index (χ2n) is 6.40. The average Bonchev–Trinajstić information content (AvgIpc) is 3.20. The molecule has 2 amide bonds. The molecule has 1 aromatic carbocycles. The summed E-state index contributed by atoms with van der Waals surface area (Å²) in [4.78, 5) is 31.1. The summed E-state index contributed by atoms with van der Waals surface area (Å²) < 4.78 is 22.1. The van der Waals surface area contributed by atoms with Crippen LogP contribution < -0.4 is 14.8 Å². The smallest absolute Gasteiger partial charge is 0.256 e. The lowest BCUT2D eigenvalue weighted by atomic mass is 10.2. The van der Waals surface area contributed by atoms with Crippen molar-refractivity contribution in [3.8, 4) is 11.5 Å². The molecule has 1 fully saturated rings. The quantitative estimate of drug-likeness (QED) is 0.718. The van der Waals surface area contributed by atoms with Crippen LogP contribution in [0.25, 0.3) is 0 Å². The van der Waals surface area contributed by atoms with Crippen molar-refractivity contribution in [3.05, 3.63) is 42.1 Å². The Labute approximate surface area is 174 Å². The number of amides is 2. The number of pyridine rings is 1. The molecule has 8 nitrogen and oxygen atoms in total. The van der Waals surface area contributed by atoms with E-state index in [9.17, 15) is 13.8 Å². The molecular formula is C19H19N3O5S2. The summed E-state index contributed by atoms with van der Waals surface area (Å²) in [6.45, 7) is 1.11. The predicted molar refractivity (Wildman–Crippen MR) is 110 cm³/mol. The van der Waals surface area contributed by atoms with Crippen LogP contribution in [0.15, 0.2) is 41.6 Å². The van der Waals surface area contributed by atoms with Gasteiger partial charge in [0.1, 0.15) is 5.03 Å². The number of nitrogens with one attached hydrogen (secondary N) is 1. The van der Waals surface area contributed by atoms with E-state index < -0.39 is 10.8 Å². The molecule has 152 valence electrons. The molecule has 0 radical (unpaired) electrons. The van der Waals surface area contributed by atoms with Crippen molar-refractivity contribution in [1.82, 2.24) is 9.88 Å². The van der Waals surface area contributed by atoms with Crippen molar-refractivity contribution < 1.29 is 23.3 Å². The van der Waals surface area contributed by atoms with Crippen molar-refractivity contribution in [2.24, 2.45) is 0 Å². The van der Waals surface area contributed by atoms with E-state index >= 15 is 0 Å². The van der Waals surface area contributed by atoms with E-state index in [1.807, 2.05) is 0 Å². The third kappa shape index (κ3) is 4.70. The first-order chi connectivity index (χ1) is 14.1. The lowest BCUT2D eigenvalue weighted by Crippen LogP contribution is -2.42. The van der Waals surface area contributed by atoms with Crippen LogP contribution in [0.2, 0.25) is 0 Å². The highest BCUT2D eigenvalue weighted by Crippen LogP contribution is 2.34. The van der Waals surface area contributed by atoms with Gasteiger partial charge in [-0.3, -0.25) is 13.8 Å². The van der Waals surface area contributed by atoms with Gasteiger partial charge in [-0.25, -0.2) is 4.98 Å². The van der Waals surface area contributed by atoms with Crippen LogP contribution >= 0.6 is 11.8 Å². The first-order valence-electron chi connectivity index (χ1n) is 9.02. The minimum absolute atomic E-state index is 0.107.